The number of aryl methyl sites for hydroxylation is 1. The average Bonchev–Trinajstić information content (AvgIpc) is 3.21. The first-order valence-corrected chi connectivity index (χ1v) is 9.20. The Morgan fingerprint density at radius 1 is 0.964 bits per heavy atom. The Kier molecular flexibility index (Phi) is 4.97. The van der Waals surface area contributed by atoms with Crippen LogP contribution < -0.4 is 5.32 Å². The third kappa shape index (κ3) is 3.69. The predicted octanol–water partition coefficient (Wildman–Crippen LogP) is 4.75. The number of anilines is 1. The zero-order chi connectivity index (χ0) is 19.3. The molecule has 0 unspecified atom stereocenters. The predicted molar refractivity (Wildman–Crippen MR) is 111 cm³/mol. The fraction of sp³-hybridized carbons (Fsp3) is 0.0870. The molecule has 4 rings (SSSR count). The Morgan fingerprint density at radius 2 is 1.68 bits per heavy atom. The molecule has 2 aromatic heterocycles. The van der Waals surface area contributed by atoms with E-state index < -0.39 is 0 Å². The summed E-state index contributed by atoms with van der Waals surface area (Å²) in [6, 6.07) is 21.5. The Hall–Kier alpha value is -3.73. The van der Waals surface area contributed by atoms with Crippen LogP contribution in [0.25, 0.3) is 16.9 Å². The van der Waals surface area contributed by atoms with Gasteiger partial charge in [0.25, 0.3) is 5.91 Å². The van der Waals surface area contributed by atoms with Crippen molar-refractivity contribution in [2.75, 3.05) is 5.32 Å². The van der Waals surface area contributed by atoms with Gasteiger partial charge in [-0.2, -0.15) is 5.10 Å². The minimum Gasteiger partial charge on any atom is -0.322 e. The molecule has 0 bridgehead atoms. The number of pyridine rings is 1. The van der Waals surface area contributed by atoms with E-state index in [9.17, 15) is 4.79 Å². The molecule has 0 saturated heterocycles. The summed E-state index contributed by atoms with van der Waals surface area (Å²) in [6.07, 6.45) is 6.03. The lowest BCUT2D eigenvalue weighted by Crippen LogP contribution is -2.12. The van der Waals surface area contributed by atoms with E-state index in [0.29, 0.717) is 16.9 Å². The van der Waals surface area contributed by atoms with Crippen molar-refractivity contribution in [2.45, 2.75) is 13.3 Å². The molecule has 4 aromatic rings. The summed E-state index contributed by atoms with van der Waals surface area (Å²) in [5.74, 6) is -0.206. The van der Waals surface area contributed by atoms with Gasteiger partial charge in [-0.1, -0.05) is 49.4 Å². The van der Waals surface area contributed by atoms with Crippen molar-refractivity contribution >= 4 is 11.6 Å². The van der Waals surface area contributed by atoms with Crippen molar-refractivity contribution in [3.05, 3.63) is 96.4 Å². The van der Waals surface area contributed by atoms with Crippen molar-refractivity contribution < 1.29 is 4.79 Å². The summed E-state index contributed by atoms with van der Waals surface area (Å²) in [4.78, 5) is 17.0. The van der Waals surface area contributed by atoms with Gasteiger partial charge in [-0.3, -0.25) is 9.78 Å². The molecular weight excluding hydrogens is 348 g/mol. The molecule has 2 heterocycles. The Bertz CT molecular complexity index is 1070. The number of hydrogen-bond acceptors (Lipinski definition) is 3. The smallest absolute Gasteiger partial charge is 0.259 e. The number of hydrogen-bond donors (Lipinski definition) is 1. The number of amides is 1. The van der Waals surface area contributed by atoms with E-state index in [-0.39, 0.29) is 5.91 Å². The second-order valence-electron chi connectivity index (χ2n) is 6.41. The van der Waals surface area contributed by atoms with E-state index in [1.54, 1.807) is 35.4 Å². The zero-order valence-electron chi connectivity index (χ0n) is 15.5. The highest BCUT2D eigenvalue weighted by atomic mass is 16.1. The van der Waals surface area contributed by atoms with Crippen molar-refractivity contribution in [1.29, 1.82) is 0 Å². The normalized spacial score (nSPS) is 10.6. The first kappa shape index (κ1) is 17.7. The van der Waals surface area contributed by atoms with Crippen LogP contribution in [0.2, 0.25) is 0 Å². The van der Waals surface area contributed by atoms with Crippen LogP contribution >= 0.6 is 0 Å². The molecule has 0 spiro atoms. The van der Waals surface area contributed by atoms with Gasteiger partial charge in [0.15, 0.2) is 0 Å². The highest BCUT2D eigenvalue weighted by Crippen LogP contribution is 2.25. The zero-order valence-corrected chi connectivity index (χ0v) is 15.5. The van der Waals surface area contributed by atoms with Crippen LogP contribution in [0.4, 0.5) is 5.69 Å². The molecule has 0 aliphatic rings. The summed E-state index contributed by atoms with van der Waals surface area (Å²) in [5, 5.41) is 7.64. The Balaban J connectivity index is 1.76. The maximum absolute atomic E-state index is 13.0. The number of benzene rings is 2. The lowest BCUT2D eigenvalue weighted by Gasteiger charge is -2.05. The molecule has 28 heavy (non-hydrogen) atoms. The van der Waals surface area contributed by atoms with Gasteiger partial charge in [-0.15, -0.1) is 0 Å². The molecule has 0 aliphatic carbocycles. The van der Waals surface area contributed by atoms with Gasteiger partial charge in [0.1, 0.15) is 5.69 Å². The summed E-state index contributed by atoms with van der Waals surface area (Å²) in [7, 11) is 0. The van der Waals surface area contributed by atoms with Gasteiger partial charge < -0.3 is 5.32 Å². The molecule has 1 N–H and O–H groups in total. The largest absolute Gasteiger partial charge is 0.322 e. The van der Waals surface area contributed by atoms with Crippen molar-refractivity contribution in [3.8, 4) is 16.9 Å². The summed E-state index contributed by atoms with van der Waals surface area (Å²) in [6.45, 7) is 2.12. The lowest BCUT2D eigenvalue weighted by molar-refractivity contribution is 0.102. The molecular formula is C23H20N4O. The number of carbonyl (C=O) groups is 1. The minimum atomic E-state index is -0.206. The number of carbonyl (C=O) groups excluding carboxylic acids is 1. The van der Waals surface area contributed by atoms with E-state index in [1.165, 1.54) is 5.56 Å². The maximum Gasteiger partial charge on any atom is 0.259 e. The van der Waals surface area contributed by atoms with E-state index in [2.05, 4.69) is 29.4 Å². The average molecular weight is 368 g/mol. The van der Waals surface area contributed by atoms with Crippen LogP contribution in [0, 0.1) is 0 Å². The quantitative estimate of drug-likeness (QED) is 0.553. The van der Waals surface area contributed by atoms with Gasteiger partial charge in [-0.05, 0) is 36.2 Å². The molecule has 0 radical (unpaired) electrons. The molecule has 5 heteroatoms. The highest BCUT2D eigenvalue weighted by Gasteiger charge is 2.19. The van der Waals surface area contributed by atoms with Crippen LogP contribution in [-0.2, 0) is 6.42 Å². The van der Waals surface area contributed by atoms with E-state index in [4.69, 9.17) is 5.10 Å². The van der Waals surface area contributed by atoms with Crippen LogP contribution in [0.15, 0.2) is 85.3 Å². The number of para-hydroxylation sites is 1. The van der Waals surface area contributed by atoms with Crippen molar-refractivity contribution in [2.24, 2.45) is 0 Å². The van der Waals surface area contributed by atoms with Crippen LogP contribution in [0.1, 0.15) is 22.8 Å². The molecule has 138 valence electrons. The summed E-state index contributed by atoms with van der Waals surface area (Å²) in [5.41, 5.74) is 4.92. The van der Waals surface area contributed by atoms with E-state index in [0.717, 1.165) is 17.7 Å². The molecule has 0 atom stereocenters. The number of nitrogens with one attached hydrogen (secondary N) is 1. The first-order chi connectivity index (χ1) is 13.7. The SMILES string of the molecule is CCc1ccc(-c2nn(-c3ccccc3)cc2C(=O)Nc2ccncc2)cc1. The van der Waals surface area contributed by atoms with Gasteiger partial charge in [0, 0.05) is 29.8 Å². The van der Waals surface area contributed by atoms with Gasteiger partial charge >= 0.3 is 0 Å². The molecule has 0 saturated carbocycles. The fourth-order valence-electron chi connectivity index (χ4n) is 3.00. The lowest BCUT2D eigenvalue weighted by atomic mass is 10.0. The molecule has 2 aromatic carbocycles. The number of aromatic nitrogens is 3. The number of rotatable bonds is 5. The van der Waals surface area contributed by atoms with E-state index in [1.807, 2.05) is 42.5 Å². The Labute approximate surface area is 163 Å². The molecule has 1 amide bonds. The third-order valence-corrected chi connectivity index (χ3v) is 4.55. The summed E-state index contributed by atoms with van der Waals surface area (Å²) >= 11 is 0. The third-order valence-electron chi connectivity index (χ3n) is 4.55. The highest BCUT2D eigenvalue weighted by molar-refractivity contribution is 6.08. The summed E-state index contributed by atoms with van der Waals surface area (Å²) < 4.78 is 1.74. The van der Waals surface area contributed by atoms with E-state index >= 15 is 0 Å². The van der Waals surface area contributed by atoms with Gasteiger partial charge in [0.2, 0.25) is 0 Å². The van der Waals surface area contributed by atoms with Gasteiger partial charge in [-0.25, -0.2) is 4.68 Å². The van der Waals surface area contributed by atoms with Crippen molar-refractivity contribution in [3.63, 3.8) is 0 Å². The van der Waals surface area contributed by atoms with Gasteiger partial charge in [0.05, 0.1) is 11.3 Å². The monoisotopic (exact) mass is 368 g/mol. The molecule has 0 aliphatic heterocycles. The standard InChI is InChI=1S/C23H20N4O/c1-2-17-8-10-18(11-9-17)22-21(23(28)25-19-12-14-24-15-13-19)16-27(26-22)20-6-4-3-5-7-20/h3-16H,2H2,1H3,(H,24,25,28). The maximum atomic E-state index is 13.0. The fourth-order valence-corrected chi connectivity index (χ4v) is 3.00. The first-order valence-electron chi connectivity index (χ1n) is 9.20. The number of nitrogens with zero attached hydrogens (tertiary/aromatic N) is 3. The molecule has 0 fully saturated rings. The second kappa shape index (κ2) is 7.88. The van der Waals surface area contributed by atoms with Crippen LogP contribution in [0.3, 0.4) is 0 Å². The topological polar surface area (TPSA) is 59.8 Å². The minimum absolute atomic E-state index is 0.206. The second-order valence-corrected chi connectivity index (χ2v) is 6.41. The Morgan fingerprint density at radius 3 is 2.36 bits per heavy atom. The molecule has 5 nitrogen and oxygen atoms in total. The van der Waals surface area contributed by atoms with Crippen LogP contribution in [0.5, 0.6) is 0 Å². The van der Waals surface area contributed by atoms with Crippen molar-refractivity contribution in [1.82, 2.24) is 14.8 Å². The van der Waals surface area contributed by atoms with Crippen LogP contribution in [-0.4, -0.2) is 20.7 Å².